The van der Waals surface area contributed by atoms with Crippen LogP contribution in [0.25, 0.3) is 0 Å². The van der Waals surface area contributed by atoms with Gasteiger partial charge in [0, 0.05) is 18.7 Å². The number of rotatable bonds is 5. The molecule has 0 aliphatic heterocycles. The first-order valence-electron chi connectivity index (χ1n) is 6.26. The first-order chi connectivity index (χ1) is 8.11. The topological polar surface area (TPSA) is 55.9 Å². The van der Waals surface area contributed by atoms with E-state index in [1.165, 1.54) is 19.3 Å². The molecular formula is C12H21ClN4. The Hall–Kier alpha value is -0.580. The summed E-state index contributed by atoms with van der Waals surface area (Å²) in [7, 11) is 1.87. The molecule has 4 nitrogen and oxygen atoms in total. The molecule has 2 rings (SSSR count). The summed E-state index contributed by atoms with van der Waals surface area (Å²) in [6.07, 6.45) is 6.07. The maximum Gasteiger partial charge on any atom is 0.130 e. The highest BCUT2D eigenvalue weighted by atomic mass is 35.5. The molecule has 3 N–H and O–H groups in total. The molecule has 1 fully saturated rings. The summed E-state index contributed by atoms with van der Waals surface area (Å²) in [5, 5.41) is 5.06. The monoisotopic (exact) mass is 256 g/mol. The van der Waals surface area contributed by atoms with Crippen LogP contribution in [0, 0.1) is 12.8 Å². The highest BCUT2D eigenvalue weighted by molar-refractivity contribution is 6.30. The van der Waals surface area contributed by atoms with Gasteiger partial charge in [-0.2, -0.15) is 5.10 Å². The minimum atomic E-state index is 0.306. The molecule has 0 bridgehead atoms. The first-order valence-corrected chi connectivity index (χ1v) is 6.63. The van der Waals surface area contributed by atoms with Crippen molar-refractivity contribution in [2.24, 2.45) is 18.8 Å². The quantitative estimate of drug-likeness (QED) is 0.625. The fraction of sp³-hybridized carbons (Fsp3) is 0.750. The Kier molecular flexibility index (Phi) is 4.07. The van der Waals surface area contributed by atoms with Crippen LogP contribution in [0.5, 0.6) is 0 Å². The lowest BCUT2D eigenvalue weighted by molar-refractivity contribution is 0.259. The van der Waals surface area contributed by atoms with Crippen LogP contribution in [0.3, 0.4) is 0 Å². The molecule has 1 aromatic rings. The Balaban J connectivity index is 2.01. The molecule has 1 aromatic heterocycles. The van der Waals surface area contributed by atoms with Gasteiger partial charge in [-0.15, -0.1) is 0 Å². The highest BCUT2D eigenvalue weighted by Crippen LogP contribution is 2.31. The molecule has 1 aliphatic rings. The Morgan fingerprint density at radius 1 is 1.59 bits per heavy atom. The van der Waals surface area contributed by atoms with Crippen molar-refractivity contribution in [2.75, 3.05) is 0 Å². The minimum absolute atomic E-state index is 0.306. The number of aryl methyl sites for hydroxylation is 2. The van der Waals surface area contributed by atoms with E-state index >= 15 is 0 Å². The highest BCUT2D eigenvalue weighted by Gasteiger charge is 2.23. The van der Waals surface area contributed by atoms with Gasteiger partial charge in [0.15, 0.2) is 0 Å². The molecule has 0 aromatic carbocycles. The van der Waals surface area contributed by atoms with E-state index in [4.69, 9.17) is 17.4 Å². The Morgan fingerprint density at radius 3 is 2.71 bits per heavy atom. The van der Waals surface area contributed by atoms with Gasteiger partial charge in [-0.05, 0) is 25.7 Å². The molecule has 17 heavy (non-hydrogen) atoms. The summed E-state index contributed by atoms with van der Waals surface area (Å²) in [6, 6.07) is 0.306. The van der Waals surface area contributed by atoms with Crippen LogP contribution in [-0.4, -0.2) is 15.8 Å². The van der Waals surface area contributed by atoms with E-state index in [2.05, 4.69) is 10.5 Å². The lowest BCUT2D eigenvalue weighted by atomic mass is 9.80. The molecule has 0 amide bonds. The average Bonchev–Trinajstić information content (AvgIpc) is 2.47. The molecule has 1 atom stereocenters. The molecule has 0 saturated heterocycles. The molecule has 1 heterocycles. The van der Waals surface area contributed by atoms with Gasteiger partial charge in [0.2, 0.25) is 0 Å². The number of nitrogens with zero attached hydrogens (tertiary/aromatic N) is 2. The molecule has 0 radical (unpaired) electrons. The SMILES string of the molecule is Cc1nn(C)c(Cl)c1CC(CC1CCC1)NN. The van der Waals surface area contributed by atoms with E-state index in [1.807, 2.05) is 14.0 Å². The Bertz CT molecular complexity index is 384. The number of halogens is 1. The lowest BCUT2D eigenvalue weighted by Crippen LogP contribution is -2.39. The number of aromatic nitrogens is 2. The molecule has 5 heteroatoms. The summed E-state index contributed by atoms with van der Waals surface area (Å²) < 4.78 is 1.73. The predicted molar refractivity (Wildman–Crippen MR) is 69.7 cm³/mol. The average molecular weight is 257 g/mol. The van der Waals surface area contributed by atoms with Gasteiger partial charge >= 0.3 is 0 Å². The van der Waals surface area contributed by atoms with Gasteiger partial charge in [-0.25, -0.2) is 0 Å². The van der Waals surface area contributed by atoms with Crippen molar-refractivity contribution in [1.29, 1.82) is 0 Å². The van der Waals surface area contributed by atoms with Crippen LogP contribution in [0.1, 0.15) is 36.9 Å². The van der Waals surface area contributed by atoms with Gasteiger partial charge in [-0.1, -0.05) is 30.9 Å². The van der Waals surface area contributed by atoms with Crippen molar-refractivity contribution in [3.05, 3.63) is 16.4 Å². The maximum absolute atomic E-state index is 6.23. The van der Waals surface area contributed by atoms with Gasteiger partial charge in [0.1, 0.15) is 5.15 Å². The van der Waals surface area contributed by atoms with Crippen molar-refractivity contribution in [2.45, 2.75) is 45.1 Å². The zero-order chi connectivity index (χ0) is 12.4. The summed E-state index contributed by atoms with van der Waals surface area (Å²) in [4.78, 5) is 0. The molecule has 0 spiro atoms. The minimum Gasteiger partial charge on any atom is -0.271 e. The first kappa shape index (κ1) is 12.9. The van der Waals surface area contributed by atoms with E-state index in [0.29, 0.717) is 6.04 Å². The second-order valence-electron chi connectivity index (χ2n) is 5.08. The van der Waals surface area contributed by atoms with Crippen molar-refractivity contribution in [1.82, 2.24) is 15.2 Å². The molecule has 1 unspecified atom stereocenters. The maximum atomic E-state index is 6.23. The van der Waals surface area contributed by atoms with Crippen LogP contribution < -0.4 is 11.3 Å². The van der Waals surface area contributed by atoms with Gasteiger partial charge in [0.05, 0.1) is 5.69 Å². The third-order valence-corrected chi connectivity index (χ3v) is 4.27. The van der Waals surface area contributed by atoms with Gasteiger partial charge < -0.3 is 0 Å². The zero-order valence-electron chi connectivity index (χ0n) is 10.5. The van der Waals surface area contributed by atoms with Crippen molar-refractivity contribution >= 4 is 11.6 Å². The molecule has 1 aliphatic carbocycles. The van der Waals surface area contributed by atoms with Crippen molar-refractivity contribution in [3.63, 3.8) is 0 Å². The van der Waals surface area contributed by atoms with E-state index in [0.717, 1.165) is 35.2 Å². The van der Waals surface area contributed by atoms with Crippen LogP contribution >= 0.6 is 11.6 Å². The fourth-order valence-corrected chi connectivity index (χ4v) is 2.75. The molecule has 1 saturated carbocycles. The Morgan fingerprint density at radius 2 is 2.29 bits per heavy atom. The number of hydrogen-bond donors (Lipinski definition) is 2. The number of nitrogens with one attached hydrogen (secondary N) is 1. The predicted octanol–water partition coefficient (Wildman–Crippen LogP) is 1.95. The smallest absolute Gasteiger partial charge is 0.130 e. The van der Waals surface area contributed by atoms with E-state index in [-0.39, 0.29) is 0 Å². The largest absolute Gasteiger partial charge is 0.271 e. The van der Waals surface area contributed by atoms with E-state index in [1.54, 1.807) is 4.68 Å². The third kappa shape index (κ3) is 2.81. The second-order valence-corrected chi connectivity index (χ2v) is 5.44. The van der Waals surface area contributed by atoms with Crippen LogP contribution in [0.4, 0.5) is 0 Å². The van der Waals surface area contributed by atoms with Crippen molar-refractivity contribution < 1.29 is 0 Å². The molecule has 96 valence electrons. The van der Waals surface area contributed by atoms with Crippen molar-refractivity contribution in [3.8, 4) is 0 Å². The van der Waals surface area contributed by atoms with Crippen LogP contribution in [0.2, 0.25) is 5.15 Å². The summed E-state index contributed by atoms with van der Waals surface area (Å²) >= 11 is 6.23. The fourth-order valence-electron chi connectivity index (χ4n) is 2.49. The third-order valence-electron chi connectivity index (χ3n) is 3.80. The van der Waals surface area contributed by atoms with E-state index in [9.17, 15) is 0 Å². The van der Waals surface area contributed by atoms with Gasteiger partial charge in [-0.3, -0.25) is 16.0 Å². The second kappa shape index (κ2) is 5.38. The van der Waals surface area contributed by atoms with Crippen LogP contribution in [0.15, 0.2) is 0 Å². The number of hydrazine groups is 1. The van der Waals surface area contributed by atoms with Gasteiger partial charge in [0.25, 0.3) is 0 Å². The number of hydrogen-bond acceptors (Lipinski definition) is 3. The normalized spacial score (nSPS) is 18.1. The lowest BCUT2D eigenvalue weighted by Gasteiger charge is -2.29. The summed E-state index contributed by atoms with van der Waals surface area (Å²) in [6.45, 7) is 2.00. The van der Waals surface area contributed by atoms with Crippen LogP contribution in [-0.2, 0) is 13.5 Å². The zero-order valence-corrected chi connectivity index (χ0v) is 11.3. The number of nitrogens with two attached hydrogens (primary N) is 1. The van der Waals surface area contributed by atoms with E-state index < -0.39 is 0 Å². The summed E-state index contributed by atoms with van der Waals surface area (Å²) in [5.41, 5.74) is 5.05. The Labute approximate surface area is 107 Å². The summed E-state index contributed by atoms with van der Waals surface area (Å²) in [5.74, 6) is 6.47. The standard InChI is InChI=1S/C12H21ClN4/c1-8-11(12(13)17(2)16-8)7-10(15-14)6-9-4-3-5-9/h9-10,15H,3-7,14H2,1-2H3. The molecular weight excluding hydrogens is 236 g/mol.